The maximum absolute atomic E-state index is 14.1. The monoisotopic (exact) mass is 457 g/mol. The molecule has 10 heteroatoms. The smallest absolute Gasteiger partial charge is 0.412 e. The molecule has 1 heterocycles. The Kier molecular flexibility index (Phi) is 6.73. The van der Waals surface area contributed by atoms with E-state index in [0.29, 0.717) is 16.3 Å². The van der Waals surface area contributed by atoms with Crippen LogP contribution in [0, 0.1) is 17.5 Å². The van der Waals surface area contributed by atoms with Gasteiger partial charge in [-0.15, -0.1) is 0 Å². The molecule has 8 nitrogen and oxygen atoms in total. The molecule has 168 valence electrons. The molecule has 3 N–H and O–H groups in total. The number of nitrogens with one attached hydrogen (secondary N) is 3. The molecule has 0 saturated carbocycles. The first-order valence-corrected chi connectivity index (χ1v) is 10.2. The van der Waals surface area contributed by atoms with Crippen LogP contribution in [0.4, 0.5) is 20.6 Å². The Hall–Kier alpha value is -3.53. The molecule has 0 spiro atoms. The Labute approximate surface area is 189 Å². The predicted octanol–water partition coefficient (Wildman–Crippen LogP) is 5.04. The molecule has 1 aromatic heterocycles. The molecule has 2 amide bonds. The molecular formula is C22H24FN5O3S. The highest BCUT2D eigenvalue weighted by atomic mass is 32.1. The van der Waals surface area contributed by atoms with Gasteiger partial charge in [0.2, 0.25) is 5.91 Å². The summed E-state index contributed by atoms with van der Waals surface area (Å²) >= 11 is 5.26. The van der Waals surface area contributed by atoms with E-state index >= 15 is 0 Å². The van der Waals surface area contributed by atoms with E-state index < -0.39 is 23.4 Å². The van der Waals surface area contributed by atoms with Gasteiger partial charge in [-0.2, -0.15) is 5.10 Å². The van der Waals surface area contributed by atoms with Crippen LogP contribution in [0.3, 0.4) is 0 Å². The van der Waals surface area contributed by atoms with E-state index in [-0.39, 0.29) is 12.2 Å². The fraction of sp³-hybridized carbons (Fsp3) is 0.273. The molecule has 0 aliphatic heterocycles. The number of carbonyl (C=O) groups excluding carboxylic acids is 2. The van der Waals surface area contributed by atoms with Gasteiger partial charge in [0.1, 0.15) is 18.0 Å². The summed E-state index contributed by atoms with van der Waals surface area (Å²) in [7, 11) is 0. The van der Waals surface area contributed by atoms with Crippen molar-refractivity contribution < 1.29 is 18.7 Å². The Balaban J connectivity index is 1.74. The minimum absolute atomic E-state index is 0.106. The second-order valence-corrected chi connectivity index (χ2v) is 8.56. The number of hydrogen-bond acceptors (Lipinski definition) is 5. The molecular weight excluding hydrogens is 433 g/mol. The lowest BCUT2D eigenvalue weighted by molar-refractivity contribution is -0.116. The molecule has 3 aromatic rings. The van der Waals surface area contributed by atoms with Gasteiger partial charge in [0.25, 0.3) is 0 Å². The second kappa shape index (κ2) is 9.31. The second-order valence-electron chi connectivity index (χ2n) is 8.17. The van der Waals surface area contributed by atoms with Crippen molar-refractivity contribution in [1.29, 1.82) is 0 Å². The maximum atomic E-state index is 14.1. The largest absolute Gasteiger partial charge is 0.444 e. The summed E-state index contributed by atoms with van der Waals surface area (Å²) in [5.74, 6) is -0.533. The molecule has 0 atom stereocenters. The summed E-state index contributed by atoms with van der Waals surface area (Å²) < 4.78 is 21.1. The molecule has 0 unspecified atom stereocenters. The van der Waals surface area contributed by atoms with E-state index in [1.807, 2.05) is 31.2 Å². The van der Waals surface area contributed by atoms with Crippen molar-refractivity contribution >= 4 is 35.6 Å². The van der Waals surface area contributed by atoms with Crippen LogP contribution >= 0.6 is 12.2 Å². The molecule has 0 saturated heterocycles. The average molecular weight is 458 g/mol. The van der Waals surface area contributed by atoms with E-state index in [0.717, 1.165) is 17.2 Å². The van der Waals surface area contributed by atoms with Gasteiger partial charge in [-0.1, -0.05) is 29.8 Å². The Bertz CT molecular complexity index is 1200. The van der Waals surface area contributed by atoms with Gasteiger partial charge in [0.15, 0.2) is 10.6 Å². The Morgan fingerprint density at radius 1 is 1.16 bits per heavy atom. The zero-order valence-electron chi connectivity index (χ0n) is 18.2. The van der Waals surface area contributed by atoms with Crippen molar-refractivity contribution in [1.82, 2.24) is 14.8 Å². The van der Waals surface area contributed by atoms with Gasteiger partial charge >= 0.3 is 6.09 Å². The number of anilines is 2. The molecule has 0 radical (unpaired) electrons. The van der Waals surface area contributed by atoms with Crippen molar-refractivity contribution in [2.24, 2.45) is 0 Å². The fourth-order valence-corrected chi connectivity index (χ4v) is 3.04. The van der Waals surface area contributed by atoms with Crippen molar-refractivity contribution in [2.45, 2.75) is 39.8 Å². The third-order valence-electron chi connectivity index (χ3n) is 4.26. The van der Waals surface area contributed by atoms with Crippen LogP contribution in [0.15, 0.2) is 42.5 Å². The van der Waals surface area contributed by atoms with E-state index in [9.17, 15) is 14.0 Å². The van der Waals surface area contributed by atoms with Gasteiger partial charge in [0.05, 0.1) is 5.69 Å². The average Bonchev–Trinajstić information content (AvgIpc) is 3.04. The zero-order chi connectivity index (χ0) is 23.5. The van der Waals surface area contributed by atoms with Gasteiger partial charge in [0, 0.05) is 11.3 Å². The lowest BCUT2D eigenvalue weighted by Crippen LogP contribution is -2.27. The number of halogens is 1. The van der Waals surface area contributed by atoms with Crippen LogP contribution in [0.5, 0.6) is 0 Å². The third kappa shape index (κ3) is 6.01. The number of nitrogens with zero attached hydrogens (tertiary/aromatic N) is 2. The number of hydrogen-bond donors (Lipinski definition) is 3. The third-order valence-corrected chi connectivity index (χ3v) is 4.57. The summed E-state index contributed by atoms with van der Waals surface area (Å²) in [6, 6.07) is 11.5. The Morgan fingerprint density at radius 2 is 1.84 bits per heavy atom. The normalized spacial score (nSPS) is 11.2. The van der Waals surface area contributed by atoms with E-state index in [1.165, 1.54) is 12.1 Å². The van der Waals surface area contributed by atoms with E-state index in [1.54, 1.807) is 25.3 Å². The van der Waals surface area contributed by atoms with Crippen LogP contribution < -0.4 is 10.6 Å². The van der Waals surface area contributed by atoms with Gasteiger partial charge in [-0.25, -0.2) is 9.18 Å². The van der Waals surface area contributed by atoms with E-state index in [2.05, 4.69) is 20.8 Å². The van der Waals surface area contributed by atoms with Crippen molar-refractivity contribution in [2.75, 3.05) is 10.6 Å². The van der Waals surface area contributed by atoms with Crippen molar-refractivity contribution in [3.05, 3.63) is 58.6 Å². The SMILES string of the molecule is Cc1ccc(-c2n[nH]c(=S)n2CC(=O)Nc2ccc(F)c(NC(=O)OC(C)(C)C)c2)cc1. The number of aryl methyl sites for hydroxylation is 1. The highest BCUT2D eigenvalue weighted by molar-refractivity contribution is 7.71. The first kappa shape index (κ1) is 23.1. The quantitative estimate of drug-likeness (QED) is 0.466. The molecule has 2 aromatic carbocycles. The minimum atomic E-state index is -0.799. The topological polar surface area (TPSA) is 101 Å². The van der Waals surface area contributed by atoms with Gasteiger partial charge < -0.3 is 10.1 Å². The zero-order valence-corrected chi connectivity index (χ0v) is 19.0. The highest BCUT2D eigenvalue weighted by Crippen LogP contribution is 2.22. The number of carbonyl (C=O) groups is 2. The summed E-state index contributed by atoms with van der Waals surface area (Å²) in [5.41, 5.74) is 1.36. The minimum Gasteiger partial charge on any atom is -0.444 e. The number of H-pyrrole nitrogens is 1. The standard InChI is InChI=1S/C22H24FN5O3S/c1-13-5-7-14(8-6-13)19-26-27-20(32)28(19)12-18(29)24-15-9-10-16(23)17(11-15)25-21(30)31-22(2,3)4/h5-11H,12H2,1-4H3,(H,24,29)(H,25,30)(H,27,32). The number of rotatable bonds is 5. The van der Waals surface area contributed by atoms with Crippen LogP contribution in [0.1, 0.15) is 26.3 Å². The number of ether oxygens (including phenoxy) is 1. The maximum Gasteiger partial charge on any atom is 0.412 e. The van der Waals surface area contributed by atoms with Crippen LogP contribution in [-0.2, 0) is 16.1 Å². The van der Waals surface area contributed by atoms with Gasteiger partial charge in [-0.05, 0) is 58.1 Å². The molecule has 0 fully saturated rings. The molecule has 3 rings (SSSR count). The lowest BCUT2D eigenvalue weighted by Gasteiger charge is -2.20. The first-order chi connectivity index (χ1) is 15.0. The van der Waals surface area contributed by atoms with Crippen LogP contribution in [0.25, 0.3) is 11.4 Å². The summed E-state index contributed by atoms with van der Waals surface area (Å²) in [6.45, 7) is 6.97. The summed E-state index contributed by atoms with van der Waals surface area (Å²) in [4.78, 5) is 24.6. The lowest BCUT2D eigenvalue weighted by atomic mass is 10.1. The number of aromatic nitrogens is 3. The van der Waals surface area contributed by atoms with Crippen LogP contribution in [-0.4, -0.2) is 32.4 Å². The molecule has 32 heavy (non-hydrogen) atoms. The first-order valence-electron chi connectivity index (χ1n) is 9.83. The summed E-state index contributed by atoms with van der Waals surface area (Å²) in [5, 5.41) is 11.9. The molecule has 0 aliphatic rings. The molecule has 0 bridgehead atoms. The van der Waals surface area contributed by atoms with E-state index in [4.69, 9.17) is 17.0 Å². The number of amides is 2. The number of aromatic amines is 1. The highest BCUT2D eigenvalue weighted by Gasteiger charge is 2.18. The van der Waals surface area contributed by atoms with Crippen molar-refractivity contribution in [3.8, 4) is 11.4 Å². The van der Waals surface area contributed by atoms with Gasteiger partial charge in [-0.3, -0.25) is 19.8 Å². The molecule has 0 aliphatic carbocycles. The van der Waals surface area contributed by atoms with Crippen molar-refractivity contribution in [3.63, 3.8) is 0 Å². The predicted molar refractivity (Wildman–Crippen MR) is 122 cm³/mol. The Morgan fingerprint density at radius 3 is 2.50 bits per heavy atom. The summed E-state index contributed by atoms with van der Waals surface area (Å²) in [6.07, 6.45) is -0.799. The fourth-order valence-electron chi connectivity index (χ4n) is 2.84. The van der Waals surface area contributed by atoms with Crippen LogP contribution in [0.2, 0.25) is 0 Å². The number of benzene rings is 2.